The fraction of sp³-hybridized carbons (Fsp3) is 0.391. The number of pyridine rings is 1. The molecule has 3 rings (SSSR count). The van der Waals surface area contributed by atoms with Gasteiger partial charge in [-0.15, -0.1) is 0 Å². The SMILES string of the molecule is CC1(C)OB(C(=Cc2cnc(N)c(C(F)(F)F)c2)CNC(=O)OCc2ccccc2)OC1(C)C. The first-order valence-corrected chi connectivity index (χ1v) is 10.6. The summed E-state index contributed by atoms with van der Waals surface area (Å²) in [5.74, 6) is -0.621. The van der Waals surface area contributed by atoms with Crippen LogP contribution in [0.15, 0.2) is 48.1 Å². The molecule has 2 heterocycles. The number of nitrogens with zero attached hydrogens (tertiary/aromatic N) is 1. The van der Waals surface area contributed by atoms with Crippen molar-refractivity contribution < 1.29 is 32.0 Å². The van der Waals surface area contributed by atoms with Gasteiger partial charge in [-0.2, -0.15) is 13.2 Å². The predicted octanol–water partition coefficient (Wildman–Crippen LogP) is 4.62. The fourth-order valence-electron chi connectivity index (χ4n) is 3.16. The highest BCUT2D eigenvalue weighted by molar-refractivity contribution is 6.56. The molecule has 1 aromatic carbocycles. The maximum Gasteiger partial charge on any atom is 0.492 e. The molecule has 1 aliphatic rings. The van der Waals surface area contributed by atoms with Gasteiger partial charge in [-0.05, 0) is 50.4 Å². The zero-order valence-electron chi connectivity index (χ0n) is 19.4. The molecule has 1 aliphatic heterocycles. The molecular weight excluding hydrogens is 450 g/mol. The van der Waals surface area contributed by atoms with Gasteiger partial charge in [0.15, 0.2) is 0 Å². The van der Waals surface area contributed by atoms with Crippen LogP contribution in [-0.4, -0.2) is 35.9 Å². The van der Waals surface area contributed by atoms with Crippen molar-refractivity contribution in [2.45, 2.75) is 51.7 Å². The number of nitrogen functional groups attached to an aromatic ring is 1. The van der Waals surface area contributed by atoms with E-state index in [-0.39, 0.29) is 18.7 Å². The molecule has 0 spiro atoms. The van der Waals surface area contributed by atoms with Crippen molar-refractivity contribution in [1.82, 2.24) is 10.3 Å². The minimum atomic E-state index is -4.66. The summed E-state index contributed by atoms with van der Waals surface area (Å²) in [6.07, 6.45) is -2.71. The molecule has 2 aromatic rings. The summed E-state index contributed by atoms with van der Waals surface area (Å²) in [4.78, 5) is 15.9. The molecular formula is C23H27BF3N3O4. The molecule has 7 nitrogen and oxygen atoms in total. The van der Waals surface area contributed by atoms with Gasteiger partial charge in [0.1, 0.15) is 12.4 Å². The van der Waals surface area contributed by atoms with E-state index in [0.717, 1.165) is 11.6 Å². The zero-order valence-corrected chi connectivity index (χ0v) is 19.4. The molecule has 1 fully saturated rings. The molecule has 0 bridgehead atoms. The van der Waals surface area contributed by atoms with Crippen LogP contribution in [0.4, 0.5) is 23.8 Å². The van der Waals surface area contributed by atoms with Crippen LogP contribution in [0.2, 0.25) is 0 Å². The highest BCUT2D eigenvalue weighted by Gasteiger charge is 2.52. The van der Waals surface area contributed by atoms with Crippen molar-refractivity contribution in [3.8, 4) is 0 Å². The Kier molecular flexibility index (Phi) is 7.28. The lowest BCUT2D eigenvalue weighted by Gasteiger charge is -2.32. The Balaban J connectivity index is 1.81. The molecule has 0 atom stereocenters. The number of aromatic nitrogens is 1. The Morgan fingerprint density at radius 2 is 1.79 bits per heavy atom. The number of hydrogen-bond acceptors (Lipinski definition) is 6. The van der Waals surface area contributed by atoms with Crippen LogP contribution in [0, 0.1) is 0 Å². The highest BCUT2D eigenvalue weighted by Crippen LogP contribution is 2.39. The Morgan fingerprint density at radius 1 is 1.18 bits per heavy atom. The van der Waals surface area contributed by atoms with Gasteiger partial charge in [0.25, 0.3) is 0 Å². The number of benzene rings is 1. The third kappa shape index (κ3) is 6.09. The van der Waals surface area contributed by atoms with E-state index in [9.17, 15) is 18.0 Å². The van der Waals surface area contributed by atoms with Gasteiger partial charge in [0.2, 0.25) is 0 Å². The normalized spacial score (nSPS) is 17.5. The minimum absolute atomic E-state index is 0.0685. The summed E-state index contributed by atoms with van der Waals surface area (Å²) in [5.41, 5.74) is 4.29. The van der Waals surface area contributed by atoms with Crippen LogP contribution >= 0.6 is 0 Å². The predicted molar refractivity (Wildman–Crippen MR) is 122 cm³/mol. The summed E-state index contributed by atoms with van der Waals surface area (Å²) in [7, 11) is -0.911. The molecule has 0 saturated carbocycles. The molecule has 0 aliphatic carbocycles. The lowest BCUT2D eigenvalue weighted by Crippen LogP contribution is -2.41. The third-order valence-corrected chi connectivity index (χ3v) is 5.80. The first-order chi connectivity index (χ1) is 15.8. The summed E-state index contributed by atoms with van der Waals surface area (Å²) in [5, 5.41) is 2.60. The number of rotatable bonds is 6. The largest absolute Gasteiger partial charge is 0.492 e. The second-order valence-corrected chi connectivity index (χ2v) is 8.92. The first-order valence-electron chi connectivity index (χ1n) is 10.6. The number of nitrogens with two attached hydrogens (primary N) is 1. The number of alkyl halides is 3. The highest BCUT2D eigenvalue weighted by atomic mass is 19.4. The zero-order chi connectivity index (χ0) is 25.1. The third-order valence-electron chi connectivity index (χ3n) is 5.80. The fourth-order valence-corrected chi connectivity index (χ4v) is 3.16. The number of ether oxygens (including phenoxy) is 1. The van der Waals surface area contributed by atoms with Gasteiger partial charge in [0.05, 0.1) is 16.8 Å². The topological polar surface area (TPSA) is 95.7 Å². The molecule has 11 heteroatoms. The van der Waals surface area contributed by atoms with E-state index in [4.69, 9.17) is 19.8 Å². The second kappa shape index (κ2) is 9.67. The van der Waals surface area contributed by atoms with Crippen LogP contribution in [0.1, 0.15) is 44.4 Å². The van der Waals surface area contributed by atoms with Crippen molar-refractivity contribution in [3.63, 3.8) is 0 Å². The van der Waals surface area contributed by atoms with Crippen LogP contribution < -0.4 is 11.1 Å². The molecule has 182 valence electrons. The maximum atomic E-state index is 13.3. The number of carbonyl (C=O) groups excluding carboxylic acids is 1. The smallest absolute Gasteiger partial charge is 0.445 e. The number of hydrogen-bond donors (Lipinski definition) is 2. The summed E-state index contributed by atoms with van der Waals surface area (Å²) in [6.45, 7) is 7.37. The van der Waals surface area contributed by atoms with Gasteiger partial charge >= 0.3 is 19.4 Å². The number of anilines is 1. The number of alkyl carbamates (subject to hydrolysis) is 1. The van der Waals surface area contributed by atoms with Crippen LogP contribution in [-0.2, 0) is 26.8 Å². The number of amides is 1. The van der Waals surface area contributed by atoms with E-state index < -0.39 is 42.0 Å². The molecule has 34 heavy (non-hydrogen) atoms. The van der Waals surface area contributed by atoms with E-state index in [0.29, 0.717) is 5.47 Å². The first kappa shape index (κ1) is 25.6. The Hall–Kier alpha value is -3.05. The second-order valence-electron chi connectivity index (χ2n) is 8.92. The van der Waals surface area contributed by atoms with Crippen LogP contribution in [0.5, 0.6) is 0 Å². The summed E-state index contributed by atoms with van der Waals surface area (Å²) < 4.78 is 57.1. The van der Waals surface area contributed by atoms with Crippen LogP contribution in [0.25, 0.3) is 6.08 Å². The number of carbonyl (C=O) groups is 1. The lowest BCUT2D eigenvalue weighted by molar-refractivity contribution is -0.137. The van der Waals surface area contributed by atoms with Gasteiger partial charge in [-0.1, -0.05) is 36.4 Å². The molecule has 3 N–H and O–H groups in total. The quantitative estimate of drug-likeness (QED) is 0.590. The van der Waals surface area contributed by atoms with Crippen molar-refractivity contribution in [2.24, 2.45) is 0 Å². The van der Waals surface area contributed by atoms with Gasteiger partial charge in [-0.3, -0.25) is 0 Å². The van der Waals surface area contributed by atoms with E-state index in [2.05, 4.69) is 10.3 Å². The molecule has 1 saturated heterocycles. The average Bonchev–Trinajstić information content (AvgIpc) is 2.97. The lowest BCUT2D eigenvalue weighted by atomic mass is 9.77. The molecule has 1 amide bonds. The minimum Gasteiger partial charge on any atom is -0.445 e. The van der Waals surface area contributed by atoms with E-state index >= 15 is 0 Å². The van der Waals surface area contributed by atoms with E-state index in [1.165, 1.54) is 12.3 Å². The average molecular weight is 477 g/mol. The Labute approximate surface area is 196 Å². The summed E-state index contributed by atoms with van der Waals surface area (Å²) >= 11 is 0. The van der Waals surface area contributed by atoms with E-state index in [1.54, 1.807) is 0 Å². The summed E-state index contributed by atoms with van der Waals surface area (Å²) in [6, 6.07) is 10.0. The molecule has 0 radical (unpaired) electrons. The van der Waals surface area contributed by atoms with Gasteiger partial charge < -0.3 is 25.1 Å². The Bertz CT molecular complexity index is 1040. The number of halogens is 3. The van der Waals surface area contributed by atoms with Crippen molar-refractivity contribution in [3.05, 3.63) is 64.8 Å². The van der Waals surface area contributed by atoms with Crippen molar-refractivity contribution in [2.75, 3.05) is 12.3 Å². The van der Waals surface area contributed by atoms with Gasteiger partial charge in [-0.25, -0.2) is 9.78 Å². The Morgan fingerprint density at radius 3 is 2.38 bits per heavy atom. The van der Waals surface area contributed by atoms with Crippen molar-refractivity contribution in [1.29, 1.82) is 0 Å². The molecule has 1 aromatic heterocycles. The van der Waals surface area contributed by atoms with Gasteiger partial charge in [0, 0.05) is 12.7 Å². The molecule has 0 unspecified atom stereocenters. The number of nitrogens with one attached hydrogen (secondary N) is 1. The standard InChI is InChI=1S/C23H27BF3N3O4/c1-21(2)22(3,4)34-24(33-21)17(10-16-11-18(23(25,26)27)19(28)29-12-16)13-30-20(31)32-14-15-8-6-5-7-9-15/h5-12H,13-14H2,1-4H3,(H2,28,29)(H,30,31). The van der Waals surface area contributed by atoms with Crippen LogP contribution in [0.3, 0.4) is 0 Å². The maximum absolute atomic E-state index is 13.3. The van der Waals surface area contributed by atoms with Crippen molar-refractivity contribution >= 4 is 25.1 Å². The van der Waals surface area contributed by atoms with E-state index in [1.807, 2.05) is 58.0 Å². The monoisotopic (exact) mass is 477 g/mol.